The highest BCUT2D eigenvalue weighted by Gasteiger charge is 2.32. The van der Waals surface area contributed by atoms with E-state index in [0.29, 0.717) is 12.3 Å². The van der Waals surface area contributed by atoms with E-state index in [0.717, 1.165) is 4.90 Å². The van der Waals surface area contributed by atoms with E-state index in [1.165, 1.54) is 4.90 Å². The van der Waals surface area contributed by atoms with E-state index in [-0.39, 0.29) is 32.0 Å². The van der Waals surface area contributed by atoms with Crippen molar-refractivity contribution in [2.24, 2.45) is 0 Å². The SMILES string of the molecule is O=C(O)N1CCN(c2ncc(C(F)(F)F)cc2F)CC1. The number of pyridine rings is 1. The molecule has 1 N–H and O–H groups in total. The molecule has 1 fully saturated rings. The number of halogens is 4. The average molecular weight is 293 g/mol. The summed E-state index contributed by atoms with van der Waals surface area (Å²) in [6, 6.07) is 0.395. The third-order valence-electron chi connectivity index (χ3n) is 3.00. The number of nitrogens with zero attached hydrogens (tertiary/aromatic N) is 3. The fourth-order valence-corrected chi connectivity index (χ4v) is 1.93. The van der Waals surface area contributed by atoms with Gasteiger partial charge in [0.15, 0.2) is 11.6 Å². The molecule has 0 aliphatic carbocycles. The molecule has 1 saturated heterocycles. The van der Waals surface area contributed by atoms with Gasteiger partial charge in [-0.1, -0.05) is 0 Å². The first kappa shape index (κ1) is 14.4. The zero-order valence-corrected chi connectivity index (χ0v) is 10.2. The summed E-state index contributed by atoms with van der Waals surface area (Å²) in [5.74, 6) is -1.26. The highest BCUT2D eigenvalue weighted by Crippen LogP contribution is 2.31. The number of hydrogen-bond acceptors (Lipinski definition) is 3. The van der Waals surface area contributed by atoms with E-state index in [4.69, 9.17) is 5.11 Å². The van der Waals surface area contributed by atoms with Crippen molar-refractivity contribution < 1.29 is 27.5 Å². The van der Waals surface area contributed by atoms with Gasteiger partial charge >= 0.3 is 12.3 Å². The summed E-state index contributed by atoms with van der Waals surface area (Å²) in [6.45, 7) is 0.665. The van der Waals surface area contributed by atoms with Crippen LogP contribution >= 0.6 is 0 Å². The Morgan fingerprint density at radius 1 is 1.25 bits per heavy atom. The largest absolute Gasteiger partial charge is 0.465 e. The second-order valence-corrected chi connectivity index (χ2v) is 4.28. The van der Waals surface area contributed by atoms with Gasteiger partial charge in [-0.3, -0.25) is 0 Å². The van der Waals surface area contributed by atoms with Gasteiger partial charge < -0.3 is 14.9 Å². The van der Waals surface area contributed by atoms with Crippen LogP contribution in [0.4, 0.5) is 28.2 Å². The van der Waals surface area contributed by atoms with Gasteiger partial charge in [0, 0.05) is 32.4 Å². The minimum absolute atomic E-state index is 0.150. The van der Waals surface area contributed by atoms with E-state index in [2.05, 4.69) is 4.98 Å². The maximum Gasteiger partial charge on any atom is 0.417 e. The molecule has 9 heteroatoms. The molecule has 0 spiro atoms. The summed E-state index contributed by atoms with van der Waals surface area (Å²) in [6.07, 6.45) is -5.15. The zero-order valence-electron chi connectivity index (χ0n) is 10.2. The molecule has 1 aromatic heterocycles. The van der Waals surface area contributed by atoms with Gasteiger partial charge in [-0.05, 0) is 6.07 Å². The van der Waals surface area contributed by atoms with Crippen LogP contribution in [0.5, 0.6) is 0 Å². The van der Waals surface area contributed by atoms with Crippen LogP contribution in [0.1, 0.15) is 5.56 Å². The van der Waals surface area contributed by atoms with Gasteiger partial charge in [-0.2, -0.15) is 13.2 Å². The molecule has 0 radical (unpaired) electrons. The number of hydrogen-bond donors (Lipinski definition) is 1. The number of aromatic nitrogens is 1. The molecule has 2 heterocycles. The summed E-state index contributed by atoms with van der Waals surface area (Å²) in [5.41, 5.74) is -1.15. The van der Waals surface area contributed by atoms with Gasteiger partial charge in [0.25, 0.3) is 0 Å². The van der Waals surface area contributed by atoms with Crippen LogP contribution in [0.25, 0.3) is 0 Å². The number of anilines is 1. The van der Waals surface area contributed by atoms with Crippen molar-refractivity contribution >= 4 is 11.9 Å². The maximum atomic E-state index is 13.7. The van der Waals surface area contributed by atoms with Crippen molar-refractivity contribution in [3.8, 4) is 0 Å². The lowest BCUT2D eigenvalue weighted by Crippen LogP contribution is -2.48. The lowest BCUT2D eigenvalue weighted by Gasteiger charge is -2.34. The third-order valence-corrected chi connectivity index (χ3v) is 3.00. The van der Waals surface area contributed by atoms with Crippen molar-refractivity contribution in [3.63, 3.8) is 0 Å². The second-order valence-electron chi connectivity index (χ2n) is 4.28. The Balaban J connectivity index is 2.13. The first-order chi connectivity index (χ1) is 9.29. The zero-order chi connectivity index (χ0) is 14.9. The number of rotatable bonds is 1. The third kappa shape index (κ3) is 2.91. The molecule has 1 aromatic rings. The summed E-state index contributed by atoms with van der Waals surface area (Å²) < 4.78 is 50.9. The van der Waals surface area contributed by atoms with Crippen molar-refractivity contribution in [2.45, 2.75) is 6.18 Å². The predicted octanol–water partition coefficient (Wildman–Crippen LogP) is 2.04. The maximum absolute atomic E-state index is 13.7. The van der Waals surface area contributed by atoms with Crippen LogP contribution < -0.4 is 4.90 Å². The van der Waals surface area contributed by atoms with E-state index >= 15 is 0 Å². The van der Waals surface area contributed by atoms with Crippen molar-refractivity contribution in [3.05, 3.63) is 23.6 Å². The molecular formula is C11H11F4N3O2. The molecular weight excluding hydrogens is 282 g/mol. The Morgan fingerprint density at radius 2 is 1.85 bits per heavy atom. The van der Waals surface area contributed by atoms with E-state index in [9.17, 15) is 22.4 Å². The number of carbonyl (C=O) groups is 1. The number of piperazine rings is 1. The molecule has 0 atom stereocenters. The second kappa shape index (κ2) is 5.14. The van der Waals surface area contributed by atoms with Gasteiger partial charge in [0.05, 0.1) is 5.56 Å². The Kier molecular flexibility index (Phi) is 3.69. The minimum atomic E-state index is -4.64. The minimum Gasteiger partial charge on any atom is -0.465 e. The summed E-state index contributed by atoms with van der Waals surface area (Å²) in [4.78, 5) is 16.8. The number of alkyl halides is 3. The van der Waals surface area contributed by atoms with Gasteiger partial charge in [0.2, 0.25) is 0 Å². The summed E-state index contributed by atoms with van der Waals surface area (Å²) in [5, 5.41) is 8.77. The lowest BCUT2D eigenvalue weighted by molar-refractivity contribution is -0.138. The first-order valence-corrected chi connectivity index (χ1v) is 5.74. The van der Waals surface area contributed by atoms with Crippen LogP contribution in [0.2, 0.25) is 0 Å². The van der Waals surface area contributed by atoms with Crippen LogP contribution in [-0.2, 0) is 6.18 Å². The molecule has 20 heavy (non-hydrogen) atoms. The molecule has 1 aliphatic heterocycles. The van der Waals surface area contributed by atoms with E-state index < -0.39 is 23.7 Å². The van der Waals surface area contributed by atoms with Gasteiger partial charge in [-0.25, -0.2) is 14.2 Å². The lowest BCUT2D eigenvalue weighted by atomic mass is 10.2. The smallest absolute Gasteiger partial charge is 0.417 e. The Morgan fingerprint density at radius 3 is 2.30 bits per heavy atom. The molecule has 0 saturated carbocycles. The fourth-order valence-electron chi connectivity index (χ4n) is 1.93. The Labute approximate surface area is 111 Å². The normalized spacial score (nSPS) is 16.4. The topological polar surface area (TPSA) is 56.7 Å². The summed E-state index contributed by atoms with van der Waals surface area (Å²) in [7, 11) is 0. The molecule has 5 nitrogen and oxygen atoms in total. The van der Waals surface area contributed by atoms with Gasteiger partial charge in [-0.15, -0.1) is 0 Å². The van der Waals surface area contributed by atoms with Crippen molar-refractivity contribution in [1.29, 1.82) is 0 Å². The molecule has 0 unspecified atom stereocenters. The predicted molar refractivity (Wildman–Crippen MR) is 61.0 cm³/mol. The molecule has 0 bridgehead atoms. The van der Waals surface area contributed by atoms with Crippen LogP contribution in [0, 0.1) is 5.82 Å². The molecule has 2 rings (SSSR count). The molecule has 1 aliphatic rings. The quantitative estimate of drug-likeness (QED) is 0.805. The van der Waals surface area contributed by atoms with E-state index in [1.54, 1.807) is 0 Å². The van der Waals surface area contributed by atoms with Crippen molar-refractivity contribution in [2.75, 3.05) is 31.1 Å². The van der Waals surface area contributed by atoms with E-state index in [1.807, 2.05) is 0 Å². The number of carboxylic acid groups (broad SMARTS) is 1. The monoisotopic (exact) mass is 293 g/mol. The van der Waals surface area contributed by atoms with Gasteiger partial charge in [0.1, 0.15) is 0 Å². The molecule has 1 amide bonds. The van der Waals surface area contributed by atoms with Crippen LogP contribution in [-0.4, -0.2) is 47.3 Å². The Bertz CT molecular complexity index is 513. The van der Waals surface area contributed by atoms with Crippen LogP contribution in [0.15, 0.2) is 12.3 Å². The fraction of sp³-hybridized carbons (Fsp3) is 0.455. The molecule has 110 valence electrons. The Hall–Kier alpha value is -2.06. The van der Waals surface area contributed by atoms with Crippen LogP contribution in [0.3, 0.4) is 0 Å². The standard InChI is InChI=1S/C11H11F4N3O2/c12-8-5-7(11(13,14)15)6-16-9(8)17-1-3-18(4-2-17)10(19)20/h5-6H,1-4H2,(H,19,20). The van der Waals surface area contributed by atoms with Crippen molar-refractivity contribution in [1.82, 2.24) is 9.88 Å². The average Bonchev–Trinajstić information content (AvgIpc) is 2.37. The number of amides is 1. The molecule has 0 aromatic carbocycles. The summed E-state index contributed by atoms with van der Waals surface area (Å²) >= 11 is 0. The highest BCUT2D eigenvalue weighted by molar-refractivity contribution is 5.65. The first-order valence-electron chi connectivity index (χ1n) is 5.74. The highest BCUT2D eigenvalue weighted by atomic mass is 19.4.